The summed E-state index contributed by atoms with van der Waals surface area (Å²) in [4.78, 5) is 14.8. The topological polar surface area (TPSA) is 77.3 Å². The van der Waals surface area contributed by atoms with Crippen LogP contribution in [0.4, 0.5) is 5.69 Å². The number of nitrogens with one attached hydrogen (secondary N) is 1. The predicted octanol–water partition coefficient (Wildman–Crippen LogP) is 2.66. The van der Waals surface area contributed by atoms with Crippen molar-refractivity contribution in [1.82, 2.24) is 10.3 Å². The second-order valence-corrected chi connectivity index (χ2v) is 5.21. The van der Waals surface area contributed by atoms with Crippen LogP contribution in [0.5, 0.6) is 5.75 Å². The number of nitro groups is 1. The van der Waals surface area contributed by atoms with Crippen LogP contribution >= 0.6 is 0 Å². The van der Waals surface area contributed by atoms with E-state index in [1.807, 2.05) is 6.07 Å². The van der Waals surface area contributed by atoms with Crippen LogP contribution in [0.25, 0.3) is 10.9 Å². The molecule has 6 heteroatoms. The van der Waals surface area contributed by atoms with Crippen LogP contribution in [-0.2, 0) is 0 Å². The van der Waals surface area contributed by atoms with Gasteiger partial charge in [-0.05, 0) is 37.6 Å². The Balaban J connectivity index is 1.84. The van der Waals surface area contributed by atoms with Crippen molar-refractivity contribution in [3.63, 3.8) is 0 Å². The van der Waals surface area contributed by atoms with E-state index in [0.717, 1.165) is 19.4 Å². The van der Waals surface area contributed by atoms with E-state index in [-0.39, 0.29) is 11.8 Å². The van der Waals surface area contributed by atoms with Gasteiger partial charge in [0.25, 0.3) is 5.69 Å². The Kier molecular flexibility index (Phi) is 3.70. The number of non-ortho nitro benzene ring substituents is 1. The SMILES string of the molecule is CCNC1CC(Oc2ccc([N+](=O)[O-])c3ncccc23)C1. The molecule has 1 N–H and O–H groups in total. The molecule has 21 heavy (non-hydrogen) atoms. The highest BCUT2D eigenvalue weighted by Crippen LogP contribution is 2.34. The van der Waals surface area contributed by atoms with Crippen molar-refractivity contribution in [3.05, 3.63) is 40.6 Å². The van der Waals surface area contributed by atoms with E-state index < -0.39 is 4.92 Å². The first-order valence-corrected chi connectivity index (χ1v) is 7.11. The van der Waals surface area contributed by atoms with Crippen LogP contribution in [-0.4, -0.2) is 28.6 Å². The number of aromatic nitrogens is 1. The Bertz CT molecular complexity index is 668. The Hall–Kier alpha value is -2.21. The molecule has 110 valence electrons. The van der Waals surface area contributed by atoms with Gasteiger partial charge in [0.15, 0.2) is 5.52 Å². The van der Waals surface area contributed by atoms with Crippen LogP contribution < -0.4 is 10.1 Å². The first-order chi connectivity index (χ1) is 10.2. The van der Waals surface area contributed by atoms with Crippen molar-refractivity contribution >= 4 is 16.6 Å². The molecule has 0 unspecified atom stereocenters. The molecule has 0 saturated heterocycles. The molecule has 1 aliphatic rings. The van der Waals surface area contributed by atoms with E-state index in [4.69, 9.17) is 4.74 Å². The van der Waals surface area contributed by atoms with Crippen molar-refractivity contribution in [2.24, 2.45) is 0 Å². The first kappa shape index (κ1) is 13.8. The van der Waals surface area contributed by atoms with E-state index >= 15 is 0 Å². The molecule has 6 nitrogen and oxygen atoms in total. The molecule has 1 fully saturated rings. The van der Waals surface area contributed by atoms with E-state index in [9.17, 15) is 10.1 Å². The fourth-order valence-electron chi connectivity index (χ4n) is 2.68. The van der Waals surface area contributed by atoms with E-state index in [1.54, 1.807) is 18.3 Å². The van der Waals surface area contributed by atoms with E-state index in [2.05, 4.69) is 17.2 Å². The average Bonchev–Trinajstić information content (AvgIpc) is 2.45. The molecule has 1 heterocycles. The summed E-state index contributed by atoms with van der Waals surface area (Å²) in [6.07, 6.45) is 3.65. The molecule has 1 aliphatic carbocycles. The smallest absolute Gasteiger partial charge is 0.295 e. The van der Waals surface area contributed by atoms with Crippen LogP contribution in [0, 0.1) is 10.1 Å². The van der Waals surface area contributed by atoms with Gasteiger partial charge in [0.2, 0.25) is 0 Å². The number of rotatable bonds is 5. The summed E-state index contributed by atoms with van der Waals surface area (Å²) in [6.45, 7) is 3.05. The first-order valence-electron chi connectivity index (χ1n) is 7.11. The van der Waals surface area contributed by atoms with Gasteiger partial charge < -0.3 is 10.1 Å². The number of pyridine rings is 1. The Labute approximate surface area is 122 Å². The third kappa shape index (κ3) is 2.67. The maximum absolute atomic E-state index is 11.0. The zero-order valence-electron chi connectivity index (χ0n) is 11.8. The van der Waals surface area contributed by atoms with Crippen molar-refractivity contribution in [2.75, 3.05) is 6.54 Å². The molecule has 0 amide bonds. The third-order valence-corrected chi connectivity index (χ3v) is 3.79. The van der Waals surface area contributed by atoms with Crippen molar-refractivity contribution in [1.29, 1.82) is 0 Å². The number of hydrogen-bond acceptors (Lipinski definition) is 5. The summed E-state index contributed by atoms with van der Waals surface area (Å²) in [5, 5.41) is 15.1. The van der Waals surface area contributed by atoms with Gasteiger partial charge in [0, 0.05) is 23.7 Å². The summed E-state index contributed by atoms with van der Waals surface area (Å²) in [7, 11) is 0. The lowest BCUT2D eigenvalue weighted by molar-refractivity contribution is -0.383. The number of fused-ring (bicyclic) bond motifs is 1. The number of benzene rings is 1. The Morgan fingerprint density at radius 2 is 2.24 bits per heavy atom. The van der Waals surface area contributed by atoms with Crippen LogP contribution in [0.15, 0.2) is 30.5 Å². The van der Waals surface area contributed by atoms with Gasteiger partial charge in [-0.3, -0.25) is 10.1 Å². The molecule has 0 radical (unpaired) electrons. The standard InChI is InChI=1S/C15H17N3O3/c1-2-16-10-8-11(9-10)21-14-6-5-13(18(19)20)15-12(14)4-3-7-17-15/h3-7,10-11,16H,2,8-9H2,1H3. The highest BCUT2D eigenvalue weighted by molar-refractivity contribution is 5.92. The maximum atomic E-state index is 11.0. The lowest BCUT2D eigenvalue weighted by Crippen LogP contribution is -2.46. The monoisotopic (exact) mass is 287 g/mol. The Morgan fingerprint density at radius 3 is 2.95 bits per heavy atom. The third-order valence-electron chi connectivity index (χ3n) is 3.79. The normalized spacial score (nSPS) is 21.0. The number of ether oxygens (including phenoxy) is 1. The van der Waals surface area contributed by atoms with Gasteiger partial charge in [-0.25, -0.2) is 4.98 Å². The lowest BCUT2D eigenvalue weighted by Gasteiger charge is -2.36. The molecule has 0 spiro atoms. The second kappa shape index (κ2) is 5.65. The van der Waals surface area contributed by atoms with Crippen LogP contribution in [0.3, 0.4) is 0 Å². The number of nitrogens with zero attached hydrogens (tertiary/aromatic N) is 2. The summed E-state index contributed by atoms with van der Waals surface area (Å²) in [5.41, 5.74) is 0.389. The van der Waals surface area contributed by atoms with Gasteiger partial charge in [0.1, 0.15) is 11.9 Å². The minimum atomic E-state index is -0.413. The molecular weight excluding hydrogens is 270 g/mol. The molecule has 0 aliphatic heterocycles. The molecule has 1 aromatic heterocycles. The molecule has 1 saturated carbocycles. The van der Waals surface area contributed by atoms with Gasteiger partial charge in [0.05, 0.1) is 4.92 Å². The number of nitro benzene ring substituents is 1. The van der Waals surface area contributed by atoms with E-state index in [1.165, 1.54) is 6.07 Å². The summed E-state index contributed by atoms with van der Waals surface area (Å²) in [5.74, 6) is 0.670. The summed E-state index contributed by atoms with van der Waals surface area (Å²) in [6, 6.07) is 7.22. The van der Waals surface area contributed by atoms with Gasteiger partial charge >= 0.3 is 0 Å². The lowest BCUT2D eigenvalue weighted by atomic mass is 9.89. The Morgan fingerprint density at radius 1 is 1.43 bits per heavy atom. The molecule has 0 bridgehead atoms. The van der Waals surface area contributed by atoms with Crippen LogP contribution in [0.2, 0.25) is 0 Å². The summed E-state index contributed by atoms with van der Waals surface area (Å²) >= 11 is 0. The van der Waals surface area contributed by atoms with Gasteiger partial charge in [-0.2, -0.15) is 0 Å². The van der Waals surface area contributed by atoms with E-state index in [0.29, 0.717) is 22.7 Å². The van der Waals surface area contributed by atoms with Crippen molar-refractivity contribution in [3.8, 4) is 5.75 Å². The molecule has 3 rings (SSSR count). The predicted molar refractivity (Wildman–Crippen MR) is 79.5 cm³/mol. The minimum Gasteiger partial charge on any atom is -0.490 e. The van der Waals surface area contributed by atoms with Gasteiger partial charge in [-0.15, -0.1) is 0 Å². The highest BCUT2D eigenvalue weighted by atomic mass is 16.6. The van der Waals surface area contributed by atoms with Crippen molar-refractivity contribution < 1.29 is 9.66 Å². The molecular formula is C15H17N3O3. The molecule has 0 atom stereocenters. The second-order valence-electron chi connectivity index (χ2n) is 5.21. The minimum absolute atomic E-state index is 0.0112. The maximum Gasteiger partial charge on any atom is 0.295 e. The average molecular weight is 287 g/mol. The molecule has 1 aromatic carbocycles. The van der Waals surface area contributed by atoms with Crippen molar-refractivity contribution in [2.45, 2.75) is 31.9 Å². The fourth-order valence-corrected chi connectivity index (χ4v) is 2.68. The largest absolute Gasteiger partial charge is 0.490 e. The van der Waals surface area contributed by atoms with Gasteiger partial charge in [-0.1, -0.05) is 6.92 Å². The zero-order chi connectivity index (χ0) is 14.8. The number of hydrogen-bond donors (Lipinski definition) is 1. The zero-order valence-corrected chi connectivity index (χ0v) is 11.8. The summed E-state index contributed by atoms with van der Waals surface area (Å²) < 4.78 is 5.97. The fraction of sp³-hybridized carbons (Fsp3) is 0.400. The quantitative estimate of drug-likeness (QED) is 0.675. The highest BCUT2D eigenvalue weighted by Gasteiger charge is 2.30. The molecule has 2 aromatic rings. The van der Waals surface area contributed by atoms with Crippen LogP contribution in [0.1, 0.15) is 19.8 Å².